The van der Waals surface area contributed by atoms with E-state index in [0.29, 0.717) is 0 Å². The number of phenols is 1. The Bertz CT molecular complexity index is 418. The SMILES string of the molecule is CC(NC(=O)c1ccccc1O)/C(N)=N/O. The van der Waals surface area contributed by atoms with Gasteiger partial charge in [-0.3, -0.25) is 4.79 Å². The zero-order valence-electron chi connectivity index (χ0n) is 8.71. The number of amides is 1. The number of rotatable bonds is 3. The maximum atomic E-state index is 11.6. The maximum Gasteiger partial charge on any atom is 0.255 e. The van der Waals surface area contributed by atoms with Crippen LogP contribution in [0.5, 0.6) is 5.75 Å². The third-order valence-corrected chi connectivity index (χ3v) is 2.06. The molecule has 0 spiro atoms. The van der Waals surface area contributed by atoms with Crippen molar-refractivity contribution in [3.05, 3.63) is 29.8 Å². The summed E-state index contributed by atoms with van der Waals surface area (Å²) in [4.78, 5) is 11.6. The fourth-order valence-corrected chi connectivity index (χ4v) is 1.10. The van der Waals surface area contributed by atoms with Crippen molar-refractivity contribution in [3.8, 4) is 5.75 Å². The summed E-state index contributed by atoms with van der Waals surface area (Å²) in [5.74, 6) is -0.715. The van der Waals surface area contributed by atoms with Gasteiger partial charge in [0.2, 0.25) is 0 Å². The van der Waals surface area contributed by atoms with Crippen molar-refractivity contribution >= 4 is 11.7 Å². The zero-order valence-corrected chi connectivity index (χ0v) is 8.71. The Morgan fingerprint density at radius 2 is 2.12 bits per heavy atom. The molecule has 0 aliphatic rings. The topological polar surface area (TPSA) is 108 Å². The second-order valence-electron chi connectivity index (χ2n) is 3.24. The highest BCUT2D eigenvalue weighted by Gasteiger charge is 2.15. The zero-order chi connectivity index (χ0) is 12.1. The summed E-state index contributed by atoms with van der Waals surface area (Å²) < 4.78 is 0. The van der Waals surface area contributed by atoms with E-state index < -0.39 is 11.9 Å². The van der Waals surface area contributed by atoms with Gasteiger partial charge in [0.1, 0.15) is 5.75 Å². The molecule has 1 aromatic rings. The first-order valence-electron chi connectivity index (χ1n) is 4.62. The molecule has 1 rings (SSSR count). The molecule has 0 saturated carbocycles. The second-order valence-corrected chi connectivity index (χ2v) is 3.24. The van der Waals surface area contributed by atoms with Crippen LogP contribution in [0.15, 0.2) is 29.4 Å². The summed E-state index contributed by atoms with van der Waals surface area (Å²) in [6, 6.07) is 5.51. The van der Waals surface area contributed by atoms with Gasteiger partial charge in [0, 0.05) is 0 Å². The van der Waals surface area contributed by atoms with Crippen molar-refractivity contribution in [3.63, 3.8) is 0 Å². The summed E-state index contributed by atoms with van der Waals surface area (Å²) in [5.41, 5.74) is 5.44. The lowest BCUT2D eigenvalue weighted by atomic mass is 10.1. The van der Waals surface area contributed by atoms with Crippen LogP contribution in [-0.2, 0) is 0 Å². The summed E-state index contributed by atoms with van der Waals surface area (Å²) in [6.07, 6.45) is 0. The highest BCUT2D eigenvalue weighted by molar-refractivity contribution is 5.99. The van der Waals surface area contributed by atoms with E-state index >= 15 is 0 Å². The molecule has 1 amide bonds. The molecule has 0 aliphatic carbocycles. The fourth-order valence-electron chi connectivity index (χ4n) is 1.10. The van der Waals surface area contributed by atoms with Crippen LogP contribution in [0.3, 0.4) is 0 Å². The molecule has 0 aromatic heterocycles. The molecule has 0 fully saturated rings. The first kappa shape index (κ1) is 11.8. The predicted molar refractivity (Wildman–Crippen MR) is 58.4 cm³/mol. The molecule has 0 radical (unpaired) electrons. The van der Waals surface area contributed by atoms with E-state index in [1.54, 1.807) is 19.1 Å². The molecule has 86 valence electrons. The molecule has 0 heterocycles. The third-order valence-electron chi connectivity index (χ3n) is 2.06. The Labute approximate surface area is 92.4 Å². The lowest BCUT2D eigenvalue weighted by molar-refractivity contribution is 0.0946. The Morgan fingerprint density at radius 3 is 2.69 bits per heavy atom. The van der Waals surface area contributed by atoms with E-state index in [1.165, 1.54) is 12.1 Å². The number of benzene rings is 1. The minimum Gasteiger partial charge on any atom is -0.507 e. The lowest BCUT2D eigenvalue weighted by Gasteiger charge is -2.12. The number of aromatic hydroxyl groups is 1. The van der Waals surface area contributed by atoms with Crippen LogP contribution < -0.4 is 11.1 Å². The van der Waals surface area contributed by atoms with Crippen LogP contribution in [0.1, 0.15) is 17.3 Å². The maximum absolute atomic E-state index is 11.6. The van der Waals surface area contributed by atoms with Crippen molar-refractivity contribution in [2.24, 2.45) is 10.9 Å². The van der Waals surface area contributed by atoms with Crippen molar-refractivity contribution in [2.75, 3.05) is 0 Å². The van der Waals surface area contributed by atoms with Gasteiger partial charge in [-0.15, -0.1) is 0 Å². The highest BCUT2D eigenvalue weighted by Crippen LogP contribution is 2.15. The van der Waals surface area contributed by atoms with Gasteiger partial charge >= 0.3 is 0 Å². The van der Waals surface area contributed by atoms with E-state index in [9.17, 15) is 9.90 Å². The van der Waals surface area contributed by atoms with Crippen LogP contribution in [0.4, 0.5) is 0 Å². The van der Waals surface area contributed by atoms with Gasteiger partial charge in [0.15, 0.2) is 5.84 Å². The Hall–Kier alpha value is -2.24. The highest BCUT2D eigenvalue weighted by atomic mass is 16.4. The number of para-hydroxylation sites is 1. The molecule has 0 saturated heterocycles. The normalized spacial score (nSPS) is 13.2. The van der Waals surface area contributed by atoms with Gasteiger partial charge < -0.3 is 21.4 Å². The first-order chi connectivity index (χ1) is 7.56. The molecule has 6 heteroatoms. The predicted octanol–water partition coefficient (Wildman–Crippen LogP) is 0.257. The van der Waals surface area contributed by atoms with Gasteiger partial charge in [0.05, 0.1) is 11.6 Å². The van der Waals surface area contributed by atoms with E-state index in [0.717, 1.165) is 0 Å². The smallest absolute Gasteiger partial charge is 0.255 e. The number of carbonyl (C=O) groups excluding carboxylic acids is 1. The number of amidine groups is 1. The van der Waals surface area contributed by atoms with Gasteiger partial charge in [-0.25, -0.2) is 0 Å². The van der Waals surface area contributed by atoms with Crippen LogP contribution >= 0.6 is 0 Å². The lowest BCUT2D eigenvalue weighted by Crippen LogP contribution is -2.42. The molecule has 6 nitrogen and oxygen atoms in total. The van der Waals surface area contributed by atoms with E-state index in [-0.39, 0.29) is 17.1 Å². The van der Waals surface area contributed by atoms with Crippen molar-refractivity contribution in [2.45, 2.75) is 13.0 Å². The molecular formula is C10H13N3O3. The molecule has 1 atom stereocenters. The number of hydrogen-bond donors (Lipinski definition) is 4. The Balaban J connectivity index is 2.78. The molecular weight excluding hydrogens is 210 g/mol. The molecule has 0 aliphatic heterocycles. The van der Waals surface area contributed by atoms with Crippen molar-refractivity contribution in [1.29, 1.82) is 0 Å². The number of oxime groups is 1. The number of carbonyl (C=O) groups is 1. The van der Waals surface area contributed by atoms with Crippen molar-refractivity contribution in [1.82, 2.24) is 5.32 Å². The number of hydrogen-bond acceptors (Lipinski definition) is 4. The van der Waals surface area contributed by atoms with E-state index in [1.807, 2.05) is 0 Å². The van der Waals surface area contributed by atoms with Crippen LogP contribution in [-0.4, -0.2) is 28.1 Å². The Kier molecular flexibility index (Phi) is 3.71. The Morgan fingerprint density at radius 1 is 1.50 bits per heavy atom. The fraction of sp³-hybridized carbons (Fsp3) is 0.200. The van der Waals surface area contributed by atoms with E-state index in [2.05, 4.69) is 10.5 Å². The number of phenolic OH excluding ortho intramolecular Hbond substituents is 1. The first-order valence-corrected chi connectivity index (χ1v) is 4.62. The molecule has 1 aromatic carbocycles. The second kappa shape index (κ2) is 5.01. The molecule has 1 unspecified atom stereocenters. The molecule has 0 bridgehead atoms. The average Bonchev–Trinajstić information content (AvgIpc) is 2.28. The summed E-state index contributed by atoms with van der Waals surface area (Å²) in [7, 11) is 0. The van der Waals surface area contributed by atoms with Gasteiger partial charge in [-0.2, -0.15) is 0 Å². The third kappa shape index (κ3) is 2.63. The number of nitrogens with zero attached hydrogens (tertiary/aromatic N) is 1. The largest absolute Gasteiger partial charge is 0.507 e. The summed E-state index contributed by atoms with van der Waals surface area (Å²) in [6.45, 7) is 1.56. The number of nitrogens with one attached hydrogen (secondary N) is 1. The van der Waals surface area contributed by atoms with Gasteiger partial charge in [-0.05, 0) is 19.1 Å². The molecule has 16 heavy (non-hydrogen) atoms. The minimum atomic E-state index is -0.614. The van der Waals surface area contributed by atoms with Gasteiger partial charge in [-0.1, -0.05) is 17.3 Å². The average molecular weight is 223 g/mol. The standard InChI is InChI=1S/C10H13N3O3/c1-6(9(11)13-16)12-10(15)7-4-2-3-5-8(7)14/h2-6,14,16H,1H3,(H2,11,13)(H,12,15). The van der Waals surface area contributed by atoms with E-state index in [4.69, 9.17) is 10.9 Å². The number of nitrogens with two attached hydrogens (primary N) is 1. The van der Waals surface area contributed by atoms with Crippen LogP contribution in [0.25, 0.3) is 0 Å². The minimum absolute atomic E-state index is 0.108. The summed E-state index contributed by atoms with van der Waals surface area (Å²) >= 11 is 0. The molecule has 5 N–H and O–H groups in total. The van der Waals surface area contributed by atoms with Crippen molar-refractivity contribution < 1.29 is 15.1 Å². The van der Waals surface area contributed by atoms with Gasteiger partial charge in [0.25, 0.3) is 5.91 Å². The summed E-state index contributed by atoms with van der Waals surface area (Å²) in [5, 5.41) is 23.1. The monoisotopic (exact) mass is 223 g/mol. The van der Waals surface area contributed by atoms with Crippen LogP contribution in [0, 0.1) is 0 Å². The van der Waals surface area contributed by atoms with Crippen LogP contribution in [0.2, 0.25) is 0 Å². The quantitative estimate of drug-likeness (QED) is 0.255.